The second kappa shape index (κ2) is 14.0. The molecule has 0 aliphatic rings. The Balaban J connectivity index is 0. The normalized spacial score (nSPS) is 8.83. The molecule has 0 radical (unpaired) electrons. The van der Waals surface area contributed by atoms with Crippen molar-refractivity contribution in [1.29, 1.82) is 0 Å². The fourth-order valence-electron chi connectivity index (χ4n) is 1.22. The molecule has 0 aromatic carbocycles. The molecule has 0 saturated carbocycles. The Kier molecular flexibility index (Phi) is 17.5. The molecule has 0 atom stereocenters. The van der Waals surface area contributed by atoms with Crippen LogP contribution < -0.4 is 4.70 Å². The molecular formula is C10H22AlF. The molecule has 0 nitrogen and oxygen atoms in total. The second-order valence-electron chi connectivity index (χ2n) is 3.28. The maximum atomic E-state index is 2.28. The predicted octanol–water partition coefficient (Wildman–Crippen LogP) is 0.912. The third kappa shape index (κ3) is 13.1. The van der Waals surface area contributed by atoms with Gasteiger partial charge in [0.25, 0.3) is 0 Å². The molecule has 0 bridgehead atoms. The maximum Gasteiger partial charge on any atom is -1.00 e. The van der Waals surface area contributed by atoms with E-state index in [9.17, 15) is 0 Å². The summed E-state index contributed by atoms with van der Waals surface area (Å²) in [6.07, 6.45) is 8.68. The van der Waals surface area contributed by atoms with Gasteiger partial charge >= 0.3 is 78.2 Å². The summed E-state index contributed by atoms with van der Waals surface area (Å²) >= 11 is 0.811. The summed E-state index contributed by atoms with van der Waals surface area (Å²) in [6, 6.07) is 0. The Bertz CT molecular complexity index is 58.9. The van der Waals surface area contributed by atoms with Crippen LogP contribution in [-0.2, 0) is 0 Å². The van der Waals surface area contributed by atoms with Crippen LogP contribution in [0.2, 0.25) is 10.6 Å². The number of hydrogen-bond donors (Lipinski definition) is 0. The first-order chi connectivity index (χ1) is 5.41. The van der Waals surface area contributed by atoms with E-state index in [-0.39, 0.29) is 4.70 Å². The van der Waals surface area contributed by atoms with Crippen molar-refractivity contribution in [3.8, 4) is 0 Å². The van der Waals surface area contributed by atoms with Crippen molar-refractivity contribution in [3.05, 3.63) is 0 Å². The van der Waals surface area contributed by atoms with Gasteiger partial charge in [-0.15, -0.1) is 0 Å². The molecule has 0 unspecified atom stereocenters. The molecule has 12 heavy (non-hydrogen) atoms. The molecule has 0 aromatic heterocycles. The maximum absolute atomic E-state index is 2.28. The minimum absolute atomic E-state index is 0. The van der Waals surface area contributed by atoms with Crippen LogP contribution in [0.15, 0.2) is 0 Å². The van der Waals surface area contributed by atoms with Crippen LogP contribution in [0.3, 0.4) is 0 Å². The molecule has 72 valence electrons. The number of halogens is 1. The van der Waals surface area contributed by atoms with E-state index in [0.717, 1.165) is 15.2 Å². The van der Waals surface area contributed by atoms with E-state index in [2.05, 4.69) is 13.8 Å². The van der Waals surface area contributed by atoms with Gasteiger partial charge in [-0.1, -0.05) is 0 Å². The predicted molar refractivity (Wildman–Crippen MR) is 54.4 cm³/mol. The van der Waals surface area contributed by atoms with Gasteiger partial charge in [0.15, 0.2) is 0 Å². The zero-order valence-corrected chi connectivity index (χ0v) is 9.77. The Hall–Kier alpha value is 0.462. The first kappa shape index (κ1) is 15.0. The average molecular weight is 188 g/mol. The molecule has 0 rings (SSSR count). The van der Waals surface area contributed by atoms with E-state index >= 15 is 0 Å². The molecule has 0 aliphatic heterocycles. The van der Waals surface area contributed by atoms with Crippen LogP contribution >= 0.6 is 0 Å². The standard InChI is InChI=1S/2C5H11.Al.FH/c2*1-3-5-4-2;;/h2*1,3-5H2,2H3;;1H/q;;+1;/p-1. The van der Waals surface area contributed by atoms with Crippen LogP contribution in [0.4, 0.5) is 0 Å². The summed E-state index contributed by atoms with van der Waals surface area (Å²) in [5.41, 5.74) is 0. The van der Waals surface area contributed by atoms with Crippen LogP contribution in [0.25, 0.3) is 0 Å². The largest absolute Gasteiger partial charge is 1.00 e. The molecule has 2 heteroatoms. The SMILES string of the molecule is CCCC[CH2][Al+][CH2]CCCC.[F-]. The van der Waals surface area contributed by atoms with E-state index in [1.54, 1.807) is 10.6 Å². The summed E-state index contributed by atoms with van der Waals surface area (Å²) in [5.74, 6) is 0. The zero-order chi connectivity index (χ0) is 8.36. The van der Waals surface area contributed by atoms with E-state index in [4.69, 9.17) is 0 Å². The first-order valence-corrected chi connectivity index (χ1v) is 6.86. The van der Waals surface area contributed by atoms with Crippen LogP contribution in [0.5, 0.6) is 0 Å². The Morgan fingerprint density at radius 3 is 1.50 bits per heavy atom. The zero-order valence-electron chi connectivity index (χ0n) is 8.61. The van der Waals surface area contributed by atoms with E-state index < -0.39 is 0 Å². The molecule has 0 spiro atoms. The molecule has 0 aliphatic carbocycles. The summed E-state index contributed by atoms with van der Waals surface area (Å²) in [5, 5.41) is 3.11. The Morgan fingerprint density at radius 1 is 0.750 bits per heavy atom. The molecule has 0 fully saturated rings. The van der Waals surface area contributed by atoms with E-state index in [1.807, 2.05) is 0 Å². The van der Waals surface area contributed by atoms with Gasteiger partial charge in [-0.2, -0.15) is 0 Å². The summed E-state index contributed by atoms with van der Waals surface area (Å²) in [7, 11) is 0. The quantitative estimate of drug-likeness (QED) is 0.392. The molecule has 0 heterocycles. The Labute approximate surface area is 83.2 Å². The monoisotopic (exact) mass is 188 g/mol. The third-order valence-electron chi connectivity index (χ3n) is 2.02. The molecular weight excluding hydrogens is 166 g/mol. The fourth-order valence-corrected chi connectivity index (χ4v) is 2.67. The van der Waals surface area contributed by atoms with Crippen LogP contribution in [0.1, 0.15) is 52.4 Å². The number of hydrogen-bond acceptors (Lipinski definition) is 0. The topological polar surface area (TPSA) is 0 Å². The van der Waals surface area contributed by atoms with Crippen molar-refractivity contribution in [2.75, 3.05) is 0 Å². The van der Waals surface area contributed by atoms with Gasteiger partial charge in [-0.3, -0.25) is 0 Å². The summed E-state index contributed by atoms with van der Waals surface area (Å²) < 4.78 is 0. The average Bonchev–Trinajstić information content (AvgIpc) is 2.03. The third-order valence-corrected chi connectivity index (χ3v) is 3.66. The second-order valence-corrected chi connectivity index (χ2v) is 5.01. The number of unbranched alkanes of at least 4 members (excludes halogenated alkanes) is 4. The smallest absolute Gasteiger partial charge is 1.00 e. The van der Waals surface area contributed by atoms with Crippen LogP contribution in [-0.4, -0.2) is 15.2 Å². The minimum Gasteiger partial charge on any atom is -1.00 e. The van der Waals surface area contributed by atoms with Crippen molar-refractivity contribution in [1.82, 2.24) is 0 Å². The molecule has 0 aromatic rings. The molecule has 0 amide bonds. The van der Waals surface area contributed by atoms with Crippen molar-refractivity contribution >= 4 is 15.2 Å². The number of rotatable bonds is 8. The molecule has 0 saturated heterocycles. The van der Waals surface area contributed by atoms with Crippen LogP contribution in [0, 0.1) is 0 Å². The van der Waals surface area contributed by atoms with Crippen molar-refractivity contribution in [2.45, 2.75) is 62.9 Å². The van der Waals surface area contributed by atoms with Gasteiger partial charge in [-0.25, -0.2) is 0 Å². The van der Waals surface area contributed by atoms with Crippen molar-refractivity contribution in [3.63, 3.8) is 0 Å². The Morgan fingerprint density at radius 2 is 1.17 bits per heavy atom. The van der Waals surface area contributed by atoms with Gasteiger partial charge < -0.3 is 4.70 Å². The minimum atomic E-state index is 0. The fraction of sp³-hybridized carbons (Fsp3) is 1.00. The van der Waals surface area contributed by atoms with E-state index in [0.29, 0.717) is 0 Å². The first-order valence-electron chi connectivity index (χ1n) is 5.23. The van der Waals surface area contributed by atoms with Gasteiger partial charge in [-0.05, 0) is 0 Å². The van der Waals surface area contributed by atoms with Gasteiger partial charge in [0.05, 0.1) is 0 Å². The molecule has 0 N–H and O–H groups in total. The van der Waals surface area contributed by atoms with Crippen molar-refractivity contribution in [2.24, 2.45) is 0 Å². The van der Waals surface area contributed by atoms with Gasteiger partial charge in [0.1, 0.15) is 0 Å². The van der Waals surface area contributed by atoms with E-state index in [1.165, 1.54) is 38.5 Å². The van der Waals surface area contributed by atoms with Crippen molar-refractivity contribution < 1.29 is 4.70 Å². The summed E-state index contributed by atoms with van der Waals surface area (Å²) in [4.78, 5) is 0. The van der Waals surface area contributed by atoms with Gasteiger partial charge in [0, 0.05) is 0 Å². The summed E-state index contributed by atoms with van der Waals surface area (Å²) in [6.45, 7) is 4.57. The van der Waals surface area contributed by atoms with Gasteiger partial charge in [0.2, 0.25) is 0 Å².